The monoisotopic (exact) mass is 812 g/mol. The fourth-order valence-corrected chi connectivity index (χ4v) is 8.72. The summed E-state index contributed by atoms with van der Waals surface area (Å²) in [5.74, 6) is -2.57. The minimum Gasteiger partial charge on any atom is -0.744 e. The average Bonchev–Trinajstić information content (AvgIpc) is 3.17. The van der Waals surface area contributed by atoms with E-state index < -0.39 is 64.5 Å². The molecule has 2 aliphatic rings. The molecule has 0 bridgehead atoms. The Morgan fingerprint density at radius 2 is 0.759 bits per heavy atom. The van der Waals surface area contributed by atoms with Crippen LogP contribution < -0.4 is 22.1 Å². The number of anilines is 6. The zero-order valence-corrected chi connectivity index (χ0v) is 31.9. The number of hydrogen-bond acceptors (Lipinski definition) is 14. The minimum atomic E-state index is -5.17. The Labute approximate surface area is 331 Å². The van der Waals surface area contributed by atoms with Gasteiger partial charge in [-0.1, -0.05) is 60.7 Å². The van der Waals surface area contributed by atoms with Gasteiger partial charge in [0.25, 0.3) is 0 Å². The van der Waals surface area contributed by atoms with Crippen LogP contribution in [-0.2, 0) is 20.2 Å². The number of nitrogens with one attached hydrogen (secondary N) is 2. The molecule has 6 aromatic rings. The Kier molecular flexibility index (Phi) is 8.70. The molecule has 8 rings (SSSR count). The zero-order chi connectivity index (χ0) is 41.6. The van der Waals surface area contributed by atoms with Crippen LogP contribution in [0.5, 0.6) is 0 Å². The molecule has 14 nitrogen and oxygen atoms in total. The highest BCUT2D eigenvalue weighted by atomic mass is 32.2. The van der Waals surface area contributed by atoms with E-state index in [1.807, 2.05) is 0 Å². The smallest absolute Gasteiger partial charge is 0.196 e. The number of aryl methyl sites for hydroxylation is 2. The van der Waals surface area contributed by atoms with E-state index in [4.69, 9.17) is 11.5 Å². The van der Waals surface area contributed by atoms with Crippen molar-refractivity contribution in [3.8, 4) is 11.1 Å². The summed E-state index contributed by atoms with van der Waals surface area (Å²) in [7, 11) is -10.3. The molecular formula is C42H28N4O10S2-2. The lowest BCUT2D eigenvalue weighted by Gasteiger charge is -2.25. The standard InChI is InChI=1S/C42H30N4O10S2/c1-19-15-21(11-13-27(19)45-29-17-31(57(51,52)53)37(43)35-33(29)39(47)23-7-3-5-9-25(23)41(35)49)22-12-14-28(20(2)16-22)46-30-18-32(58(54,55)56)38(44)36-34(30)40(48)24-8-4-6-10-26(24)42(36)50/h3-18,45-46H,43-44H2,1-2H3,(H,51,52,53)(H,54,55,56)/p-2. The Morgan fingerprint density at radius 1 is 0.448 bits per heavy atom. The van der Waals surface area contributed by atoms with Crippen LogP contribution in [0.3, 0.4) is 0 Å². The molecule has 2 aliphatic carbocycles. The summed E-state index contributed by atoms with van der Waals surface area (Å²) in [6, 6.07) is 24.3. The molecule has 0 aromatic heterocycles. The van der Waals surface area contributed by atoms with Gasteiger partial charge in [0.05, 0.1) is 54.8 Å². The second-order valence-electron chi connectivity index (χ2n) is 13.8. The van der Waals surface area contributed by atoms with Gasteiger partial charge in [-0.2, -0.15) is 0 Å². The number of carbonyl (C=O) groups is 4. The number of fused-ring (bicyclic) bond motifs is 4. The number of ketones is 4. The van der Waals surface area contributed by atoms with Gasteiger partial charge >= 0.3 is 0 Å². The van der Waals surface area contributed by atoms with Crippen molar-refractivity contribution < 1.29 is 45.1 Å². The second-order valence-corrected chi connectivity index (χ2v) is 16.5. The van der Waals surface area contributed by atoms with Crippen molar-refractivity contribution in [1.82, 2.24) is 0 Å². The van der Waals surface area contributed by atoms with Crippen LogP contribution in [0.2, 0.25) is 0 Å². The molecule has 0 radical (unpaired) electrons. The van der Waals surface area contributed by atoms with E-state index in [9.17, 15) is 45.1 Å². The highest BCUT2D eigenvalue weighted by Crippen LogP contribution is 2.43. The first-order valence-electron chi connectivity index (χ1n) is 17.3. The van der Waals surface area contributed by atoms with Crippen LogP contribution in [0.1, 0.15) is 74.8 Å². The summed E-state index contributed by atoms with van der Waals surface area (Å²) in [5, 5.41) is 6.08. The lowest BCUT2D eigenvalue weighted by atomic mass is 9.82. The molecule has 0 fully saturated rings. The van der Waals surface area contributed by atoms with E-state index in [0.29, 0.717) is 33.6 Å². The van der Waals surface area contributed by atoms with Gasteiger partial charge in [-0.25, -0.2) is 16.8 Å². The Morgan fingerprint density at radius 3 is 1.05 bits per heavy atom. The van der Waals surface area contributed by atoms with Crippen molar-refractivity contribution >= 4 is 77.5 Å². The van der Waals surface area contributed by atoms with E-state index in [-0.39, 0.29) is 55.9 Å². The molecule has 58 heavy (non-hydrogen) atoms. The fraction of sp³-hybridized carbons (Fsp3) is 0.0476. The first kappa shape index (κ1) is 37.9. The molecular weight excluding hydrogens is 785 g/mol. The summed E-state index contributed by atoms with van der Waals surface area (Å²) in [6.07, 6.45) is 0. The van der Waals surface area contributed by atoms with E-state index in [1.165, 1.54) is 24.3 Å². The summed E-state index contributed by atoms with van der Waals surface area (Å²) in [4.78, 5) is 52.9. The van der Waals surface area contributed by atoms with E-state index in [1.54, 1.807) is 74.5 Å². The number of nitrogen functional groups attached to an aromatic ring is 2. The van der Waals surface area contributed by atoms with Gasteiger partial charge in [0.1, 0.15) is 20.2 Å². The number of benzene rings is 6. The molecule has 0 saturated heterocycles. The first-order chi connectivity index (χ1) is 27.4. The largest absolute Gasteiger partial charge is 0.744 e. The Balaban J connectivity index is 1.14. The normalized spacial score (nSPS) is 13.4. The second kappa shape index (κ2) is 13.3. The third-order valence-electron chi connectivity index (χ3n) is 10.3. The van der Waals surface area contributed by atoms with E-state index >= 15 is 0 Å². The molecule has 290 valence electrons. The van der Waals surface area contributed by atoms with Gasteiger partial charge in [0.2, 0.25) is 0 Å². The predicted octanol–water partition coefficient (Wildman–Crippen LogP) is 5.98. The zero-order valence-electron chi connectivity index (χ0n) is 30.3. The van der Waals surface area contributed by atoms with Crippen molar-refractivity contribution in [2.75, 3.05) is 22.1 Å². The van der Waals surface area contributed by atoms with Crippen LogP contribution in [0.15, 0.2) is 107 Å². The van der Waals surface area contributed by atoms with Gasteiger partial charge in [-0.3, -0.25) is 19.2 Å². The van der Waals surface area contributed by atoms with Gasteiger partial charge in [-0.15, -0.1) is 0 Å². The average molecular weight is 813 g/mol. The van der Waals surface area contributed by atoms with Crippen LogP contribution in [0, 0.1) is 13.8 Å². The van der Waals surface area contributed by atoms with Crippen molar-refractivity contribution in [3.05, 3.63) is 153 Å². The van der Waals surface area contributed by atoms with Crippen LogP contribution >= 0.6 is 0 Å². The van der Waals surface area contributed by atoms with Gasteiger partial charge in [0.15, 0.2) is 23.1 Å². The van der Waals surface area contributed by atoms with Crippen molar-refractivity contribution in [3.63, 3.8) is 0 Å². The Hall–Kier alpha value is -6.98. The molecule has 0 aliphatic heterocycles. The fourth-order valence-electron chi connectivity index (χ4n) is 7.46. The predicted molar refractivity (Wildman–Crippen MR) is 212 cm³/mol. The molecule has 6 aromatic carbocycles. The maximum absolute atomic E-state index is 13.7. The Bertz CT molecular complexity index is 2930. The van der Waals surface area contributed by atoms with E-state index in [0.717, 1.165) is 12.1 Å². The summed E-state index contributed by atoms with van der Waals surface area (Å²) in [6.45, 7) is 3.49. The van der Waals surface area contributed by atoms with Crippen LogP contribution in [0.25, 0.3) is 11.1 Å². The topological polar surface area (TPSA) is 259 Å². The number of carbonyl (C=O) groups excluding carboxylic acids is 4. The third-order valence-corrected chi connectivity index (χ3v) is 12.0. The molecule has 0 heterocycles. The van der Waals surface area contributed by atoms with Crippen LogP contribution in [-0.4, -0.2) is 49.1 Å². The van der Waals surface area contributed by atoms with Crippen molar-refractivity contribution in [1.29, 1.82) is 0 Å². The number of rotatable bonds is 7. The van der Waals surface area contributed by atoms with Crippen LogP contribution in [0.4, 0.5) is 34.1 Å². The molecule has 0 amide bonds. The number of hydrogen-bond donors (Lipinski definition) is 4. The van der Waals surface area contributed by atoms with Gasteiger partial charge in [0, 0.05) is 33.6 Å². The highest BCUT2D eigenvalue weighted by Gasteiger charge is 2.37. The summed E-state index contributed by atoms with van der Waals surface area (Å²) < 4.78 is 73.6. The van der Waals surface area contributed by atoms with E-state index in [2.05, 4.69) is 10.6 Å². The summed E-state index contributed by atoms with van der Waals surface area (Å²) >= 11 is 0. The minimum absolute atomic E-state index is 0.0255. The summed E-state index contributed by atoms with van der Waals surface area (Å²) in [5.41, 5.74) is 13.3. The molecule has 0 atom stereocenters. The molecule has 16 heteroatoms. The molecule has 6 N–H and O–H groups in total. The lowest BCUT2D eigenvalue weighted by molar-refractivity contribution is 0.0980. The SMILES string of the molecule is Cc1cc(-c2ccc(Nc3cc(S(=O)(=O)[O-])c(N)c4c3C(=O)c3ccccc3C4=O)c(C)c2)ccc1Nc1cc(S(=O)(=O)[O-])c(N)c2c1C(=O)c1ccccc1C2=O. The molecule has 0 spiro atoms. The van der Waals surface area contributed by atoms with Crippen molar-refractivity contribution in [2.24, 2.45) is 0 Å². The quantitative estimate of drug-likeness (QED) is 0.107. The maximum Gasteiger partial charge on any atom is 0.196 e. The van der Waals surface area contributed by atoms with Gasteiger partial charge in [-0.05, 0) is 72.5 Å². The lowest BCUT2D eigenvalue weighted by Crippen LogP contribution is -2.25. The molecule has 0 saturated carbocycles. The first-order valence-corrected chi connectivity index (χ1v) is 20.2. The third kappa shape index (κ3) is 6.02. The van der Waals surface area contributed by atoms with Crippen molar-refractivity contribution in [2.45, 2.75) is 23.6 Å². The number of nitrogens with two attached hydrogens (primary N) is 2. The highest BCUT2D eigenvalue weighted by molar-refractivity contribution is 7.86. The van der Waals surface area contributed by atoms with Gasteiger partial charge < -0.3 is 31.2 Å². The molecule has 0 unspecified atom stereocenters. The maximum atomic E-state index is 13.7.